The van der Waals surface area contributed by atoms with Crippen LogP contribution in [0.15, 0.2) is 30.3 Å². The highest BCUT2D eigenvalue weighted by atomic mass is 19.1. The average molecular weight is 345 g/mol. The number of nitrogens with zero attached hydrogens (tertiary/aromatic N) is 3. The topological polar surface area (TPSA) is 64.5 Å². The van der Waals surface area contributed by atoms with Gasteiger partial charge >= 0.3 is 0 Å². The third-order valence-corrected chi connectivity index (χ3v) is 4.21. The fraction of sp³-hybridized carbons (Fsp3) is 0.389. The Bertz CT molecular complexity index is 752. The minimum Gasteiger partial charge on any atom is -0.466 e. The van der Waals surface area contributed by atoms with Crippen LogP contribution in [0.4, 0.5) is 4.39 Å². The molecule has 1 aliphatic rings. The van der Waals surface area contributed by atoms with Crippen LogP contribution in [0.1, 0.15) is 22.9 Å². The molecule has 1 saturated heterocycles. The highest BCUT2D eigenvalue weighted by Crippen LogP contribution is 2.22. The molecule has 3 rings (SSSR count). The maximum absolute atomic E-state index is 13.0. The van der Waals surface area contributed by atoms with Crippen LogP contribution in [0.25, 0.3) is 0 Å². The Balaban J connectivity index is 1.58. The Morgan fingerprint density at radius 2 is 2.08 bits per heavy atom. The maximum atomic E-state index is 13.0. The molecule has 0 bridgehead atoms. The smallest absolute Gasteiger partial charge is 0.260 e. The number of hydrogen-bond acceptors (Lipinski definition) is 5. The first-order valence-corrected chi connectivity index (χ1v) is 8.11. The summed E-state index contributed by atoms with van der Waals surface area (Å²) in [5.41, 5.74) is 2.63. The normalized spacial score (nSPS) is 17.4. The molecule has 0 spiro atoms. The summed E-state index contributed by atoms with van der Waals surface area (Å²) < 4.78 is 24.2. The van der Waals surface area contributed by atoms with E-state index in [1.807, 2.05) is 13.8 Å². The van der Waals surface area contributed by atoms with Crippen molar-refractivity contribution in [2.24, 2.45) is 0 Å². The molecule has 6 nitrogen and oxygen atoms in total. The van der Waals surface area contributed by atoms with Crippen molar-refractivity contribution in [3.8, 4) is 5.88 Å². The molecule has 1 amide bonds. The van der Waals surface area contributed by atoms with Crippen molar-refractivity contribution in [1.29, 1.82) is 0 Å². The summed E-state index contributed by atoms with van der Waals surface area (Å²) >= 11 is 0. The van der Waals surface area contributed by atoms with Crippen molar-refractivity contribution in [2.75, 3.05) is 26.3 Å². The van der Waals surface area contributed by atoms with Gasteiger partial charge in [-0.25, -0.2) is 4.39 Å². The van der Waals surface area contributed by atoms with Gasteiger partial charge in [0.1, 0.15) is 11.9 Å². The number of amides is 1. The van der Waals surface area contributed by atoms with Gasteiger partial charge in [0.15, 0.2) is 6.61 Å². The number of halogens is 1. The van der Waals surface area contributed by atoms with Gasteiger partial charge in [-0.3, -0.25) is 4.79 Å². The molecule has 0 aliphatic carbocycles. The molecular formula is C18H20FN3O3. The van der Waals surface area contributed by atoms with Gasteiger partial charge in [-0.2, -0.15) is 5.10 Å². The number of ether oxygens (including phenoxy) is 2. The van der Waals surface area contributed by atoms with Crippen LogP contribution in [0.3, 0.4) is 0 Å². The first kappa shape index (κ1) is 17.3. The molecule has 1 atom stereocenters. The third kappa shape index (κ3) is 4.30. The Labute approximate surface area is 145 Å². The fourth-order valence-corrected chi connectivity index (χ4v) is 2.57. The summed E-state index contributed by atoms with van der Waals surface area (Å²) in [5.74, 6) is -0.106. The largest absolute Gasteiger partial charge is 0.466 e. The third-order valence-electron chi connectivity index (χ3n) is 4.21. The molecule has 25 heavy (non-hydrogen) atoms. The van der Waals surface area contributed by atoms with Gasteiger partial charge in [0.25, 0.3) is 5.91 Å². The second kappa shape index (κ2) is 7.57. The molecular weight excluding hydrogens is 325 g/mol. The molecule has 2 aromatic rings. The number of benzene rings is 1. The SMILES string of the molecule is Cc1cc(OCC(=O)N2CCO[C@H](c3ccc(F)cc3)C2)nnc1C. The number of rotatable bonds is 4. The molecule has 1 fully saturated rings. The van der Waals surface area contributed by atoms with Crippen LogP contribution in [-0.2, 0) is 9.53 Å². The number of carbonyl (C=O) groups is 1. The lowest BCUT2D eigenvalue weighted by Crippen LogP contribution is -2.44. The summed E-state index contributed by atoms with van der Waals surface area (Å²) in [7, 11) is 0. The summed E-state index contributed by atoms with van der Waals surface area (Å²) in [6, 6.07) is 7.89. The number of aryl methyl sites for hydroxylation is 2. The van der Waals surface area contributed by atoms with Crippen LogP contribution < -0.4 is 4.74 Å². The lowest BCUT2D eigenvalue weighted by molar-refractivity contribution is -0.141. The van der Waals surface area contributed by atoms with Gasteiger partial charge in [0, 0.05) is 12.6 Å². The van der Waals surface area contributed by atoms with Crippen LogP contribution in [0, 0.1) is 19.7 Å². The van der Waals surface area contributed by atoms with Crippen molar-refractivity contribution in [3.05, 3.63) is 53.0 Å². The zero-order valence-corrected chi connectivity index (χ0v) is 14.2. The van der Waals surface area contributed by atoms with E-state index in [2.05, 4.69) is 10.2 Å². The summed E-state index contributed by atoms with van der Waals surface area (Å²) in [6.07, 6.45) is -0.264. The quantitative estimate of drug-likeness (QED) is 0.850. The average Bonchev–Trinajstić information content (AvgIpc) is 2.63. The highest BCUT2D eigenvalue weighted by molar-refractivity contribution is 5.77. The van der Waals surface area contributed by atoms with E-state index in [9.17, 15) is 9.18 Å². The first-order chi connectivity index (χ1) is 12.0. The fourth-order valence-electron chi connectivity index (χ4n) is 2.57. The molecule has 0 radical (unpaired) electrons. The van der Waals surface area contributed by atoms with Crippen molar-refractivity contribution in [2.45, 2.75) is 20.0 Å². The van der Waals surface area contributed by atoms with E-state index in [1.54, 1.807) is 23.1 Å². The van der Waals surface area contributed by atoms with Crippen molar-refractivity contribution < 1.29 is 18.7 Å². The van der Waals surface area contributed by atoms with Gasteiger partial charge in [-0.1, -0.05) is 12.1 Å². The van der Waals surface area contributed by atoms with E-state index < -0.39 is 0 Å². The number of morpholine rings is 1. The predicted octanol–water partition coefficient (Wildman–Crippen LogP) is 2.21. The Kier molecular flexibility index (Phi) is 5.23. The van der Waals surface area contributed by atoms with Gasteiger partial charge in [-0.05, 0) is 37.1 Å². The number of aromatic nitrogens is 2. The van der Waals surface area contributed by atoms with Crippen molar-refractivity contribution in [1.82, 2.24) is 15.1 Å². The summed E-state index contributed by atoms with van der Waals surface area (Å²) in [5, 5.41) is 7.90. The van der Waals surface area contributed by atoms with Crippen LogP contribution >= 0.6 is 0 Å². The van der Waals surface area contributed by atoms with Crippen LogP contribution in [0.5, 0.6) is 5.88 Å². The van der Waals surface area contributed by atoms with E-state index in [1.165, 1.54) is 12.1 Å². The van der Waals surface area contributed by atoms with E-state index in [4.69, 9.17) is 9.47 Å². The van der Waals surface area contributed by atoms with Gasteiger partial charge in [0.05, 0.1) is 18.8 Å². The Hall–Kier alpha value is -2.54. The Morgan fingerprint density at radius 1 is 1.32 bits per heavy atom. The van der Waals surface area contributed by atoms with E-state index >= 15 is 0 Å². The number of carbonyl (C=O) groups excluding carboxylic acids is 1. The first-order valence-electron chi connectivity index (χ1n) is 8.11. The second-order valence-corrected chi connectivity index (χ2v) is 5.99. The molecule has 132 valence electrons. The van der Waals surface area contributed by atoms with Crippen LogP contribution in [-0.4, -0.2) is 47.3 Å². The highest BCUT2D eigenvalue weighted by Gasteiger charge is 2.25. The monoisotopic (exact) mass is 345 g/mol. The lowest BCUT2D eigenvalue weighted by Gasteiger charge is -2.33. The second-order valence-electron chi connectivity index (χ2n) is 5.99. The summed E-state index contributed by atoms with van der Waals surface area (Å²) in [6.45, 7) is 5.00. The molecule has 7 heteroatoms. The van der Waals surface area contributed by atoms with Crippen molar-refractivity contribution in [3.63, 3.8) is 0 Å². The molecule has 1 aromatic carbocycles. The molecule has 1 aliphatic heterocycles. The predicted molar refractivity (Wildman–Crippen MR) is 88.7 cm³/mol. The molecule has 0 saturated carbocycles. The molecule has 0 N–H and O–H groups in total. The maximum Gasteiger partial charge on any atom is 0.260 e. The number of hydrogen-bond donors (Lipinski definition) is 0. The lowest BCUT2D eigenvalue weighted by atomic mass is 10.1. The Morgan fingerprint density at radius 3 is 2.80 bits per heavy atom. The van der Waals surface area contributed by atoms with E-state index in [0.29, 0.717) is 25.6 Å². The minimum absolute atomic E-state index is 0.104. The van der Waals surface area contributed by atoms with E-state index in [-0.39, 0.29) is 24.4 Å². The molecule has 1 aromatic heterocycles. The van der Waals surface area contributed by atoms with E-state index in [0.717, 1.165) is 16.8 Å². The standard InChI is InChI=1S/C18H20FN3O3/c1-12-9-17(21-20-13(12)2)25-11-18(23)22-7-8-24-16(10-22)14-3-5-15(19)6-4-14/h3-6,9,16H,7-8,10-11H2,1-2H3/t16-/m0/s1. The van der Waals surface area contributed by atoms with Gasteiger partial charge < -0.3 is 14.4 Å². The zero-order chi connectivity index (χ0) is 17.8. The zero-order valence-electron chi connectivity index (χ0n) is 14.2. The molecule has 2 heterocycles. The van der Waals surface area contributed by atoms with Gasteiger partial charge in [0.2, 0.25) is 5.88 Å². The minimum atomic E-state index is -0.296. The van der Waals surface area contributed by atoms with Gasteiger partial charge in [-0.15, -0.1) is 5.10 Å². The van der Waals surface area contributed by atoms with Crippen molar-refractivity contribution >= 4 is 5.91 Å². The van der Waals surface area contributed by atoms with Crippen LogP contribution in [0.2, 0.25) is 0 Å². The summed E-state index contributed by atoms with van der Waals surface area (Å²) in [4.78, 5) is 14.1. The molecule has 0 unspecified atom stereocenters.